The van der Waals surface area contributed by atoms with Crippen LogP contribution >= 0.6 is 0 Å². The predicted octanol–water partition coefficient (Wildman–Crippen LogP) is 3.67. The van der Waals surface area contributed by atoms with E-state index in [0.29, 0.717) is 0 Å². The maximum Gasteiger partial charge on any atom is -0.0185 e. The van der Waals surface area contributed by atoms with Crippen molar-refractivity contribution >= 4 is 12.2 Å². The minimum Gasteiger partial charge on any atom is -0.0984 e. The molecule has 0 aliphatic heterocycles. The molecule has 0 N–H and O–H groups in total. The molecule has 1 aromatic rings. The van der Waals surface area contributed by atoms with Crippen LogP contribution in [-0.2, 0) is 0 Å². The Kier molecular flexibility index (Phi) is 2.87. The van der Waals surface area contributed by atoms with E-state index in [2.05, 4.69) is 37.8 Å². The number of hydrogen-bond donors (Lipinski definition) is 0. The van der Waals surface area contributed by atoms with Crippen molar-refractivity contribution in [1.82, 2.24) is 0 Å². The molecular weight excluding hydrogens is 144 g/mol. The highest BCUT2D eigenvalue weighted by atomic mass is 14.0. The fraction of sp³-hybridized carbons (Fsp3) is 0.167. The van der Waals surface area contributed by atoms with Gasteiger partial charge >= 0.3 is 0 Å². The Morgan fingerprint density at radius 1 is 1.25 bits per heavy atom. The lowest BCUT2D eigenvalue weighted by atomic mass is 10.0. The fourth-order valence-corrected chi connectivity index (χ4v) is 1.20. The first-order valence-corrected chi connectivity index (χ1v) is 4.13. The summed E-state index contributed by atoms with van der Waals surface area (Å²) in [7, 11) is 0. The predicted molar refractivity (Wildman–Crippen MR) is 56.0 cm³/mol. The number of rotatable bonds is 2. The lowest BCUT2D eigenvalue weighted by Crippen LogP contribution is -1.81. The van der Waals surface area contributed by atoms with Crippen LogP contribution < -0.4 is 0 Å². The molecule has 0 unspecified atom stereocenters. The average molecular weight is 158 g/mol. The maximum atomic E-state index is 3.77. The fourth-order valence-electron chi connectivity index (χ4n) is 1.20. The van der Waals surface area contributed by atoms with Crippen molar-refractivity contribution in [2.45, 2.75) is 13.8 Å². The molecule has 0 aliphatic rings. The number of benzene rings is 1. The second-order valence-electron chi connectivity index (χ2n) is 2.84. The number of aryl methyl sites for hydroxylation is 1. The second kappa shape index (κ2) is 3.91. The van der Waals surface area contributed by atoms with Gasteiger partial charge in [0.15, 0.2) is 0 Å². The summed E-state index contributed by atoms with van der Waals surface area (Å²) in [5.74, 6) is 0. The molecule has 0 atom stereocenters. The van der Waals surface area contributed by atoms with E-state index >= 15 is 0 Å². The van der Waals surface area contributed by atoms with Gasteiger partial charge < -0.3 is 0 Å². The number of hydrogen-bond acceptors (Lipinski definition) is 0. The average Bonchev–Trinajstić information content (AvgIpc) is 2.05. The minimum atomic E-state index is 1.19. The molecule has 0 spiro atoms. The minimum absolute atomic E-state index is 1.19. The largest absolute Gasteiger partial charge is 0.0984 e. The van der Waals surface area contributed by atoms with E-state index in [9.17, 15) is 0 Å². The normalized spacial score (nSPS) is 10.5. The molecule has 0 aromatic heterocycles. The quantitative estimate of drug-likeness (QED) is 0.616. The highest BCUT2D eigenvalue weighted by Gasteiger charge is 1.94. The Bertz CT molecular complexity index is 306. The summed E-state index contributed by atoms with van der Waals surface area (Å²) in [4.78, 5) is 0. The Morgan fingerprint density at radius 2 is 2.00 bits per heavy atom. The van der Waals surface area contributed by atoms with Gasteiger partial charge in [-0.1, -0.05) is 48.6 Å². The summed E-state index contributed by atoms with van der Waals surface area (Å²) in [6.45, 7) is 7.89. The molecule has 0 saturated heterocycles. The third-order valence-corrected chi connectivity index (χ3v) is 1.81. The maximum absolute atomic E-state index is 3.77. The van der Waals surface area contributed by atoms with E-state index in [1.54, 1.807) is 0 Å². The van der Waals surface area contributed by atoms with Crippen LogP contribution in [0.4, 0.5) is 0 Å². The molecule has 12 heavy (non-hydrogen) atoms. The van der Waals surface area contributed by atoms with Crippen molar-refractivity contribution in [2.24, 2.45) is 0 Å². The summed E-state index contributed by atoms with van der Waals surface area (Å²) in [6, 6.07) is 6.36. The van der Waals surface area contributed by atoms with Gasteiger partial charge in [0.1, 0.15) is 0 Å². The smallest absolute Gasteiger partial charge is 0.0185 e. The van der Waals surface area contributed by atoms with Crippen LogP contribution in [-0.4, -0.2) is 0 Å². The molecule has 0 fully saturated rings. The monoisotopic (exact) mass is 158 g/mol. The molecule has 0 saturated carbocycles. The molecule has 0 amide bonds. The Hall–Kier alpha value is -1.30. The van der Waals surface area contributed by atoms with E-state index in [4.69, 9.17) is 0 Å². The highest BCUT2D eigenvalue weighted by molar-refractivity contribution is 5.64. The van der Waals surface area contributed by atoms with E-state index < -0.39 is 0 Å². The second-order valence-corrected chi connectivity index (χ2v) is 2.84. The van der Waals surface area contributed by atoms with E-state index in [1.807, 2.05) is 19.1 Å². The van der Waals surface area contributed by atoms with E-state index in [0.717, 1.165) is 0 Å². The van der Waals surface area contributed by atoms with Crippen molar-refractivity contribution in [3.05, 3.63) is 47.5 Å². The summed E-state index contributed by atoms with van der Waals surface area (Å²) in [5, 5.41) is 0. The highest BCUT2D eigenvalue weighted by Crippen LogP contribution is 2.14. The zero-order chi connectivity index (χ0) is 8.97. The SMILES string of the molecule is C=Cc1ccc(C)cc1/C=C\C. The summed E-state index contributed by atoms with van der Waals surface area (Å²) < 4.78 is 0. The van der Waals surface area contributed by atoms with Gasteiger partial charge in [0.05, 0.1) is 0 Å². The molecule has 0 heterocycles. The molecule has 62 valence electrons. The zero-order valence-corrected chi connectivity index (χ0v) is 7.67. The molecule has 1 rings (SSSR count). The van der Waals surface area contributed by atoms with Gasteiger partial charge in [-0.3, -0.25) is 0 Å². The van der Waals surface area contributed by atoms with Gasteiger partial charge in [0, 0.05) is 0 Å². The Morgan fingerprint density at radius 3 is 2.58 bits per heavy atom. The van der Waals surface area contributed by atoms with Gasteiger partial charge in [0.2, 0.25) is 0 Å². The molecule has 0 nitrogen and oxygen atoms in total. The van der Waals surface area contributed by atoms with Crippen LogP contribution in [0.25, 0.3) is 12.2 Å². The Labute approximate surface area is 74.2 Å². The molecule has 0 aliphatic carbocycles. The number of allylic oxidation sites excluding steroid dienone is 1. The van der Waals surface area contributed by atoms with Gasteiger partial charge in [-0.2, -0.15) is 0 Å². The summed E-state index contributed by atoms with van der Waals surface area (Å²) in [5.41, 5.74) is 3.72. The zero-order valence-electron chi connectivity index (χ0n) is 7.67. The topological polar surface area (TPSA) is 0 Å². The van der Waals surface area contributed by atoms with Gasteiger partial charge in [-0.05, 0) is 25.0 Å². The van der Waals surface area contributed by atoms with Crippen molar-refractivity contribution in [3.8, 4) is 0 Å². The molecule has 0 heteroatoms. The molecule has 0 bridgehead atoms. The molecule has 0 radical (unpaired) electrons. The summed E-state index contributed by atoms with van der Waals surface area (Å²) in [6.07, 6.45) is 6.03. The van der Waals surface area contributed by atoms with Crippen LogP contribution in [0.5, 0.6) is 0 Å². The van der Waals surface area contributed by atoms with Crippen molar-refractivity contribution in [1.29, 1.82) is 0 Å². The van der Waals surface area contributed by atoms with Gasteiger partial charge in [0.25, 0.3) is 0 Å². The van der Waals surface area contributed by atoms with E-state index in [-0.39, 0.29) is 0 Å². The Balaban J connectivity index is 3.20. The van der Waals surface area contributed by atoms with Crippen LogP contribution in [0.1, 0.15) is 23.6 Å². The standard InChI is InChI=1S/C12H14/c1-4-6-12-9-10(3)7-8-11(12)5-2/h4-9H,2H2,1,3H3/b6-4-. The first-order valence-electron chi connectivity index (χ1n) is 4.13. The van der Waals surface area contributed by atoms with Crippen molar-refractivity contribution in [2.75, 3.05) is 0 Å². The lowest BCUT2D eigenvalue weighted by molar-refractivity contribution is 1.44. The lowest BCUT2D eigenvalue weighted by Gasteiger charge is -2.01. The van der Waals surface area contributed by atoms with Crippen molar-refractivity contribution < 1.29 is 0 Å². The van der Waals surface area contributed by atoms with Crippen LogP contribution in [0, 0.1) is 6.92 Å². The first-order chi connectivity index (χ1) is 5.77. The molecular formula is C12H14. The summed E-state index contributed by atoms with van der Waals surface area (Å²) >= 11 is 0. The van der Waals surface area contributed by atoms with Gasteiger partial charge in [-0.25, -0.2) is 0 Å². The van der Waals surface area contributed by atoms with Gasteiger partial charge in [-0.15, -0.1) is 0 Å². The third-order valence-electron chi connectivity index (χ3n) is 1.81. The first kappa shape index (κ1) is 8.79. The third kappa shape index (κ3) is 1.85. The van der Waals surface area contributed by atoms with Crippen LogP contribution in [0.3, 0.4) is 0 Å². The molecule has 1 aromatic carbocycles. The van der Waals surface area contributed by atoms with Crippen LogP contribution in [0.15, 0.2) is 30.9 Å². The van der Waals surface area contributed by atoms with Crippen molar-refractivity contribution in [3.63, 3.8) is 0 Å². The van der Waals surface area contributed by atoms with E-state index in [1.165, 1.54) is 16.7 Å². The van der Waals surface area contributed by atoms with Crippen LogP contribution in [0.2, 0.25) is 0 Å².